The van der Waals surface area contributed by atoms with Crippen molar-refractivity contribution in [2.24, 2.45) is 0 Å². The average molecular weight is 361 g/mol. The second-order valence-electron chi connectivity index (χ2n) is 6.38. The zero-order chi connectivity index (χ0) is 19.0. The molecule has 0 unspecified atom stereocenters. The number of nitrogens with one attached hydrogen (secondary N) is 1. The third-order valence-electron chi connectivity index (χ3n) is 4.54. The molecule has 136 valence electrons. The first-order valence-electron chi connectivity index (χ1n) is 8.78. The van der Waals surface area contributed by atoms with Gasteiger partial charge in [0.15, 0.2) is 0 Å². The SMILES string of the molecule is CCn1c(=O)c2cc(C)nn2c2ccc(C(=O)NCc3cccnc3)cc21. The number of nitrogens with zero attached hydrogens (tertiary/aromatic N) is 4. The third-order valence-corrected chi connectivity index (χ3v) is 4.54. The first-order chi connectivity index (χ1) is 13.1. The summed E-state index contributed by atoms with van der Waals surface area (Å²) in [4.78, 5) is 29.4. The van der Waals surface area contributed by atoms with Gasteiger partial charge in [0.05, 0.1) is 16.7 Å². The van der Waals surface area contributed by atoms with E-state index < -0.39 is 0 Å². The van der Waals surface area contributed by atoms with Crippen LogP contribution < -0.4 is 10.9 Å². The molecule has 0 aliphatic heterocycles. The Morgan fingerprint density at radius 3 is 2.74 bits per heavy atom. The van der Waals surface area contributed by atoms with E-state index in [1.165, 1.54) is 0 Å². The summed E-state index contributed by atoms with van der Waals surface area (Å²) in [6.45, 7) is 4.67. The summed E-state index contributed by atoms with van der Waals surface area (Å²) < 4.78 is 3.32. The largest absolute Gasteiger partial charge is 0.348 e. The van der Waals surface area contributed by atoms with Gasteiger partial charge in [-0.3, -0.25) is 14.6 Å². The van der Waals surface area contributed by atoms with Crippen molar-refractivity contribution < 1.29 is 4.79 Å². The van der Waals surface area contributed by atoms with Crippen LogP contribution in [0.25, 0.3) is 16.6 Å². The smallest absolute Gasteiger partial charge is 0.277 e. The Balaban J connectivity index is 1.76. The van der Waals surface area contributed by atoms with Crippen LogP contribution in [0.5, 0.6) is 0 Å². The third kappa shape index (κ3) is 2.97. The molecule has 7 nitrogen and oxygen atoms in total. The van der Waals surface area contributed by atoms with E-state index in [1.54, 1.807) is 39.7 Å². The molecule has 0 aliphatic carbocycles. The van der Waals surface area contributed by atoms with E-state index >= 15 is 0 Å². The lowest BCUT2D eigenvalue weighted by Crippen LogP contribution is -2.25. The Morgan fingerprint density at radius 2 is 2.00 bits per heavy atom. The highest BCUT2D eigenvalue weighted by atomic mass is 16.1. The van der Waals surface area contributed by atoms with Gasteiger partial charge in [-0.05, 0) is 49.7 Å². The second-order valence-corrected chi connectivity index (χ2v) is 6.38. The Kier molecular flexibility index (Phi) is 4.19. The van der Waals surface area contributed by atoms with E-state index in [0.717, 1.165) is 16.8 Å². The number of hydrogen-bond donors (Lipinski definition) is 1. The number of hydrogen-bond acceptors (Lipinski definition) is 4. The molecule has 0 radical (unpaired) electrons. The van der Waals surface area contributed by atoms with Gasteiger partial charge < -0.3 is 9.88 Å². The molecule has 3 aromatic heterocycles. The van der Waals surface area contributed by atoms with Crippen LogP contribution in [0.15, 0.2) is 53.6 Å². The Hall–Kier alpha value is -3.48. The van der Waals surface area contributed by atoms with Crippen molar-refractivity contribution in [2.75, 3.05) is 0 Å². The fourth-order valence-electron chi connectivity index (χ4n) is 3.24. The minimum atomic E-state index is -0.201. The molecule has 1 aromatic carbocycles. The minimum Gasteiger partial charge on any atom is -0.348 e. The quantitative estimate of drug-likeness (QED) is 0.605. The van der Waals surface area contributed by atoms with Crippen molar-refractivity contribution in [2.45, 2.75) is 26.9 Å². The summed E-state index contributed by atoms with van der Waals surface area (Å²) >= 11 is 0. The van der Waals surface area contributed by atoms with Crippen LogP contribution in [0, 0.1) is 6.92 Å². The van der Waals surface area contributed by atoms with Crippen molar-refractivity contribution >= 4 is 22.5 Å². The lowest BCUT2D eigenvalue weighted by molar-refractivity contribution is 0.0951. The summed E-state index contributed by atoms with van der Waals surface area (Å²) in [5, 5.41) is 7.31. The van der Waals surface area contributed by atoms with Gasteiger partial charge in [0, 0.05) is 31.0 Å². The standard InChI is InChI=1S/C20H19N5O2/c1-3-24-17-10-15(19(26)22-12-14-5-4-8-21-11-14)6-7-16(17)25-18(20(24)27)9-13(2)23-25/h4-11H,3,12H2,1-2H3,(H,22,26). The van der Waals surface area contributed by atoms with E-state index in [4.69, 9.17) is 0 Å². The normalized spacial score (nSPS) is 11.2. The highest BCUT2D eigenvalue weighted by molar-refractivity contribution is 5.97. The molecule has 0 fully saturated rings. The number of benzene rings is 1. The molecule has 1 N–H and O–H groups in total. The maximum Gasteiger partial charge on any atom is 0.277 e. The highest BCUT2D eigenvalue weighted by Crippen LogP contribution is 2.17. The van der Waals surface area contributed by atoms with E-state index in [-0.39, 0.29) is 11.5 Å². The molecular weight excluding hydrogens is 342 g/mol. The molecule has 7 heteroatoms. The van der Waals surface area contributed by atoms with Crippen LogP contribution in [-0.2, 0) is 13.1 Å². The number of aromatic nitrogens is 4. The molecular formula is C20H19N5O2. The van der Waals surface area contributed by atoms with Crippen molar-refractivity contribution in [3.05, 3.63) is 76.0 Å². The molecule has 1 amide bonds. The summed E-state index contributed by atoms with van der Waals surface area (Å²) in [7, 11) is 0. The lowest BCUT2D eigenvalue weighted by atomic mass is 10.1. The van der Waals surface area contributed by atoms with Crippen LogP contribution >= 0.6 is 0 Å². The summed E-state index contributed by atoms with van der Waals surface area (Å²) in [6.07, 6.45) is 3.41. The molecule has 0 saturated heterocycles. The molecule has 0 saturated carbocycles. The first-order valence-corrected chi connectivity index (χ1v) is 8.78. The van der Waals surface area contributed by atoms with E-state index in [1.807, 2.05) is 32.0 Å². The van der Waals surface area contributed by atoms with Crippen LogP contribution in [0.1, 0.15) is 28.5 Å². The number of carbonyl (C=O) groups is 1. The number of pyridine rings is 1. The maximum atomic E-state index is 12.8. The number of aryl methyl sites for hydroxylation is 2. The summed E-state index contributed by atoms with van der Waals surface area (Å²) in [6, 6.07) is 10.8. The van der Waals surface area contributed by atoms with Crippen molar-refractivity contribution in [1.82, 2.24) is 24.5 Å². The molecule has 3 heterocycles. The number of amides is 1. The first kappa shape index (κ1) is 17.0. The zero-order valence-electron chi connectivity index (χ0n) is 15.1. The minimum absolute atomic E-state index is 0.112. The van der Waals surface area contributed by atoms with Crippen molar-refractivity contribution in [3.8, 4) is 0 Å². The zero-order valence-corrected chi connectivity index (χ0v) is 15.1. The fraction of sp³-hybridized carbons (Fsp3) is 0.200. The maximum absolute atomic E-state index is 12.8. The molecule has 0 bridgehead atoms. The topological polar surface area (TPSA) is 81.3 Å². The summed E-state index contributed by atoms with van der Waals surface area (Å²) in [5.41, 5.74) is 4.10. The van der Waals surface area contributed by atoms with E-state index in [9.17, 15) is 9.59 Å². The number of rotatable bonds is 4. The van der Waals surface area contributed by atoms with Gasteiger partial charge in [0.25, 0.3) is 11.5 Å². The summed E-state index contributed by atoms with van der Waals surface area (Å²) in [5.74, 6) is -0.201. The van der Waals surface area contributed by atoms with E-state index in [0.29, 0.717) is 29.7 Å². The van der Waals surface area contributed by atoms with Gasteiger partial charge in [-0.25, -0.2) is 4.52 Å². The van der Waals surface area contributed by atoms with Crippen LogP contribution in [0.3, 0.4) is 0 Å². The van der Waals surface area contributed by atoms with E-state index in [2.05, 4.69) is 15.4 Å². The average Bonchev–Trinajstić information content (AvgIpc) is 3.09. The van der Waals surface area contributed by atoms with Gasteiger partial charge in [-0.2, -0.15) is 5.10 Å². The molecule has 0 atom stereocenters. The molecule has 4 aromatic rings. The van der Waals surface area contributed by atoms with Crippen LogP contribution in [0.4, 0.5) is 0 Å². The van der Waals surface area contributed by atoms with Crippen molar-refractivity contribution in [1.29, 1.82) is 0 Å². The Labute approximate surface area is 155 Å². The molecule has 0 aliphatic rings. The monoisotopic (exact) mass is 361 g/mol. The Bertz CT molecular complexity index is 1210. The molecule has 0 spiro atoms. The number of carbonyl (C=O) groups excluding carboxylic acids is 1. The lowest BCUT2D eigenvalue weighted by Gasteiger charge is -2.12. The second kappa shape index (κ2) is 6.68. The van der Waals surface area contributed by atoms with Gasteiger partial charge in [-0.15, -0.1) is 0 Å². The van der Waals surface area contributed by atoms with Crippen LogP contribution in [-0.4, -0.2) is 25.1 Å². The van der Waals surface area contributed by atoms with Gasteiger partial charge in [0.1, 0.15) is 5.52 Å². The highest BCUT2D eigenvalue weighted by Gasteiger charge is 2.14. The molecule has 4 rings (SSSR count). The van der Waals surface area contributed by atoms with Gasteiger partial charge >= 0.3 is 0 Å². The predicted molar refractivity (Wildman–Crippen MR) is 103 cm³/mol. The molecule has 27 heavy (non-hydrogen) atoms. The Morgan fingerprint density at radius 1 is 1.15 bits per heavy atom. The predicted octanol–water partition coefficient (Wildman–Crippen LogP) is 2.30. The van der Waals surface area contributed by atoms with Crippen molar-refractivity contribution in [3.63, 3.8) is 0 Å². The number of fused-ring (bicyclic) bond motifs is 3. The van der Waals surface area contributed by atoms with Crippen LogP contribution in [0.2, 0.25) is 0 Å². The van der Waals surface area contributed by atoms with Gasteiger partial charge in [-0.1, -0.05) is 6.07 Å². The fourth-order valence-corrected chi connectivity index (χ4v) is 3.24. The van der Waals surface area contributed by atoms with Gasteiger partial charge in [0.2, 0.25) is 0 Å².